The Morgan fingerprint density at radius 3 is 2.90 bits per heavy atom. The van der Waals surface area contributed by atoms with Crippen molar-refractivity contribution in [2.45, 2.75) is 13.8 Å². The van der Waals surface area contributed by atoms with Crippen molar-refractivity contribution in [1.82, 2.24) is 4.90 Å². The Bertz CT molecular complexity index is 640. The van der Waals surface area contributed by atoms with Crippen LogP contribution < -0.4 is 9.47 Å². The van der Waals surface area contributed by atoms with Crippen LogP contribution >= 0.6 is 24.0 Å². The molecule has 0 unspecified atom stereocenters. The zero-order valence-corrected chi connectivity index (χ0v) is 13.4. The third kappa shape index (κ3) is 2.91. The van der Waals surface area contributed by atoms with Gasteiger partial charge in [0.25, 0.3) is 5.91 Å². The first kappa shape index (κ1) is 14.4. The van der Waals surface area contributed by atoms with E-state index in [4.69, 9.17) is 21.7 Å². The lowest BCUT2D eigenvalue weighted by Gasteiger charge is -2.16. The lowest BCUT2D eigenvalue weighted by Crippen LogP contribution is -2.31. The quantitative estimate of drug-likeness (QED) is 0.631. The summed E-state index contributed by atoms with van der Waals surface area (Å²) in [4.78, 5) is 14.7. The third-order valence-corrected chi connectivity index (χ3v) is 4.49. The first-order valence-corrected chi connectivity index (χ1v) is 7.92. The van der Waals surface area contributed by atoms with Crippen molar-refractivity contribution >= 4 is 40.3 Å². The normalized spacial score (nSPS) is 19.2. The minimum Gasteiger partial charge on any atom is -0.454 e. The maximum atomic E-state index is 12.4. The van der Waals surface area contributed by atoms with Crippen molar-refractivity contribution in [2.75, 3.05) is 13.3 Å². The van der Waals surface area contributed by atoms with Crippen molar-refractivity contribution in [3.8, 4) is 11.5 Å². The molecule has 1 fully saturated rings. The highest BCUT2D eigenvalue weighted by molar-refractivity contribution is 8.26. The van der Waals surface area contributed by atoms with Gasteiger partial charge in [-0.2, -0.15) is 0 Å². The number of hydrogen-bond acceptors (Lipinski definition) is 5. The number of benzene rings is 1. The molecule has 1 aromatic carbocycles. The summed E-state index contributed by atoms with van der Waals surface area (Å²) < 4.78 is 11.2. The fourth-order valence-corrected chi connectivity index (χ4v) is 3.45. The van der Waals surface area contributed by atoms with Gasteiger partial charge in [0, 0.05) is 6.54 Å². The van der Waals surface area contributed by atoms with Gasteiger partial charge in [-0.15, -0.1) is 0 Å². The summed E-state index contributed by atoms with van der Waals surface area (Å²) in [7, 11) is 0. The molecular weight excluding hydrogens is 306 g/mol. The molecule has 0 bridgehead atoms. The van der Waals surface area contributed by atoms with Crippen LogP contribution in [0.4, 0.5) is 0 Å². The Labute approximate surface area is 133 Å². The zero-order chi connectivity index (χ0) is 15.0. The number of amides is 1. The molecule has 21 heavy (non-hydrogen) atoms. The van der Waals surface area contributed by atoms with E-state index in [1.165, 1.54) is 11.8 Å². The van der Waals surface area contributed by atoms with E-state index in [9.17, 15) is 4.79 Å². The van der Waals surface area contributed by atoms with Gasteiger partial charge in [-0.25, -0.2) is 0 Å². The van der Waals surface area contributed by atoms with Crippen LogP contribution in [0.25, 0.3) is 6.08 Å². The second kappa shape index (κ2) is 5.69. The molecule has 110 valence electrons. The number of fused-ring (bicyclic) bond motifs is 1. The molecule has 0 aromatic heterocycles. The van der Waals surface area contributed by atoms with E-state index >= 15 is 0 Å². The standard InChI is InChI=1S/C15H15NO3S2/c1-9(2)7-16-14(17)13(21-15(16)20)6-10-3-4-11-12(5-10)19-8-18-11/h3-6,9H,7-8H2,1-2H3/b13-6-. The molecule has 4 nitrogen and oxygen atoms in total. The van der Waals surface area contributed by atoms with Crippen LogP contribution in [0.5, 0.6) is 11.5 Å². The number of rotatable bonds is 3. The average molecular weight is 321 g/mol. The molecule has 1 aromatic rings. The van der Waals surface area contributed by atoms with Crippen LogP contribution in [0.15, 0.2) is 23.1 Å². The van der Waals surface area contributed by atoms with Crippen LogP contribution in [0.1, 0.15) is 19.4 Å². The SMILES string of the molecule is CC(C)CN1C(=O)/C(=C/c2ccc3c(c2)OCO3)SC1=S. The van der Waals surface area contributed by atoms with E-state index in [2.05, 4.69) is 13.8 Å². The van der Waals surface area contributed by atoms with Crippen molar-refractivity contribution < 1.29 is 14.3 Å². The van der Waals surface area contributed by atoms with E-state index in [0.29, 0.717) is 27.4 Å². The molecule has 0 saturated carbocycles. The molecule has 2 heterocycles. The lowest BCUT2D eigenvalue weighted by atomic mass is 10.1. The number of hydrogen-bond donors (Lipinski definition) is 0. The summed E-state index contributed by atoms with van der Waals surface area (Å²) in [5.41, 5.74) is 0.907. The van der Waals surface area contributed by atoms with Crippen LogP contribution in [0.3, 0.4) is 0 Å². The zero-order valence-electron chi connectivity index (χ0n) is 11.8. The highest BCUT2D eigenvalue weighted by atomic mass is 32.2. The molecule has 0 atom stereocenters. The van der Waals surface area contributed by atoms with E-state index in [1.54, 1.807) is 4.90 Å². The molecule has 2 aliphatic heterocycles. The van der Waals surface area contributed by atoms with Gasteiger partial charge in [0.15, 0.2) is 11.5 Å². The lowest BCUT2D eigenvalue weighted by molar-refractivity contribution is -0.122. The molecular formula is C15H15NO3S2. The van der Waals surface area contributed by atoms with Crippen molar-refractivity contribution in [3.63, 3.8) is 0 Å². The summed E-state index contributed by atoms with van der Waals surface area (Å²) in [6.45, 7) is 5.04. The van der Waals surface area contributed by atoms with Crippen LogP contribution in [0.2, 0.25) is 0 Å². The summed E-state index contributed by atoms with van der Waals surface area (Å²) in [6, 6.07) is 5.63. The molecule has 1 saturated heterocycles. The Hall–Kier alpha value is -1.53. The minimum absolute atomic E-state index is 0.0173. The third-order valence-electron chi connectivity index (χ3n) is 3.12. The molecule has 0 radical (unpaired) electrons. The molecule has 0 aliphatic carbocycles. The summed E-state index contributed by atoms with van der Waals surface area (Å²) in [5, 5.41) is 0. The summed E-state index contributed by atoms with van der Waals surface area (Å²) in [6.07, 6.45) is 1.85. The fourth-order valence-electron chi connectivity index (χ4n) is 2.18. The van der Waals surface area contributed by atoms with Crippen LogP contribution in [0, 0.1) is 5.92 Å². The molecule has 0 spiro atoms. The van der Waals surface area contributed by atoms with Gasteiger partial charge in [-0.05, 0) is 29.7 Å². The van der Waals surface area contributed by atoms with Crippen molar-refractivity contribution in [2.24, 2.45) is 5.92 Å². The van der Waals surface area contributed by atoms with Gasteiger partial charge in [0.2, 0.25) is 6.79 Å². The van der Waals surface area contributed by atoms with Crippen LogP contribution in [-0.4, -0.2) is 28.5 Å². The predicted molar refractivity (Wildman–Crippen MR) is 87.3 cm³/mol. The van der Waals surface area contributed by atoms with Crippen molar-refractivity contribution in [3.05, 3.63) is 28.7 Å². The minimum atomic E-state index is -0.0173. The maximum Gasteiger partial charge on any atom is 0.266 e. The Balaban J connectivity index is 1.84. The second-order valence-corrected chi connectivity index (χ2v) is 6.97. The number of carbonyl (C=O) groups is 1. The smallest absolute Gasteiger partial charge is 0.266 e. The van der Waals surface area contributed by atoms with E-state index < -0.39 is 0 Å². The average Bonchev–Trinajstić information content (AvgIpc) is 2.98. The van der Waals surface area contributed by atoms with Gasteiger partial charge in [-0.1, -0.05) is 43.9 Å². The molecule has 3 rings (SSSR count). The van der Waals surface area contributed by atoms with Crippen LogP contribution in [-0.2, 0) is 4.79 Å². The van der Waals surface area contributed by atoms with E-state index in [1.807, 2.05) is 24.3 Å². The van der Waals surface area contributed by atoms with Gasteiger partial charge in [-0.3, -0.25) is 9.69 Å². The van der Waals surface area contributed by atoms with E-state index in [-0.39, 0.29) is 12.7 Å². The Morgan fingerprint density at radius 1 is 1.38 bits per heavy atom. The molecule has 0 N–H and O–H groups in total. The maximum absolute atomic E-state index is 12.4. The van der Waals surface area contributed by atoms with Gasteiger partial charge < -0.3 is 9.47 Å². The molecule has 2 aliphatic rings. The van der Waals surface area contributed by atoms with Crippen molar-refractivity contribution in [1.29, 1.82) is 0 Å². The van der Waals surface area contributed by atoms with Gasteiger partial charge in [0.1, 0.15) is 4.32 Å². The van der Waals surface area contributed by atoms with E-state index in [0.717, 1.165) is 11.3 Å². The predicted octanol–water partition coefficient (Wildman–Crippen LogP) is 3.27. The number of thioether (sulfide) groups is 1. The van der Waals surface area contributed by atoms with Gasteiger partial charge >= 0.3 is 0 Å². The first-order valence-electron chi connectivity index (χ1n) is 6.69. The summed E-state index contributed by atoms with van der Waals surface area (Å²) >= 11 is 6.64. The summed E-state index contributed by atoms with van der Waals surface area (Å²) in [5.74, 6) is 1.81. The second-order valence-electron chi connectivity index (χ2n) is 5.30. The van der Waals surface area contributed by atoms with Gasteiger partial charge in [0.05, 0.1) is 4.91 Å². The number of carbonyl (C=O) groups excluding carboxylic acids is 1. The number of thiocarbonyl (C=S) groups is 1. The fraction of sp³-hybridized carbons (Fsp3) is 0.333. The monoisotopic (exact) mass is 321 g/mol. The topological polar surface area (TPSA) is 38.8 Å². The molecule has 1 amide bonds. The highest BCUT2D eigenvalue weighted by Crippen LogP contribution is 2.36. The first-order chi connectivity index (χ1) is 10.0. The Morgan fingerprint density at radius 2 is 2.14 bits per heavy atom. The largest absolute Gasteiger partial charge is 0.454 e. The Kier molecular flexibility index (Phi) is 3.91. The number of nitrogens with zero attached hydrogens (tertiary/aromatic N) is 1. The molecule has 6 heteroatoms. The highest BCUT2D eigenvalue weighted by Gasteiger charge is 2.32. The number of ether oxygens (including phenoxy) is 2.